The number of unbranched alkanes of at least 4 members (excludes halogenated alkanes) is 62. The minimum atomic E-state index is -1.56. The molecule has 0 rings (SSSR count). The van der Waals surface area contributed by atoms with E-state index in [1.54, 1.807) is 0 Å². The molecule has 0 amide bonds. The van der Waals surface area contributed by atoms with E-state index in [-0.39, 0.29) is 17.3 Å². The van der Waals surface area contributed by atoms with Crippen molar-refractivity contribution in [3.8, 4) is 0 Å². The normalized spacial score (nSPS) is 13.0. The van der Waals surface area contributed by atoms with Crippen molar-refractivity contribution in [1.29, 1.82) is 0 Å². The van der Waals surface area contributed by atoms with Gasteiger partial charge >= 0.3 is 0 Å². The largest absolute Gasteiger partial charge is 0.298 e. The van der Waals surface area contributed by atoms with Crippen molar-refractivity contribution in [3.05, 3.63) is 85.1 Å². The molecule has 0 aliphatic carbocycles. The second-order valence-electron chi connectivity index (χ2n) is 34.6. The van der Waals surface area contributed by atoms with Crippen molar-refractivity contribution in [2.75, 3.05) is 0 Å². The number of rotatable bonds is 92. The molecule has 0 aromatic heterocycles. The minimum absolute atomic E-state index is 0.0529. The fourth-order valence-corrected chi connectivity index (χ4v) is 17.2. The Labute approximate surface area is 685 Å². The van der Waals surface area contributed by atoms with Gasteiger partial charge in [0.2, 0.25) is 0 Å². The highest BCUT2D eigenvalue weighted by atomic mass is 16.2. The first-order chi connectivity index (χ1) is 53.9. The molecular weight excluding hydrogens is 1320 g/mol. The molecule has 0 aromatic rings. The third-order valence-corrected chi connectivity index (χ3v) is 24.3. The second-order valence-corrected chi connectivity index (χ2v) is 34.6. The van der Waals surface area contributed by atoms with Crippen LogP contribution >= 0.6 is 0 Å². The Morgan fingerprint density at radius 2 is 0.303 bits per heavy atom. The van der Waals surface area contributed by atoms with E-state index in [0.29, 0.717) is 19.3 Å². The number of carbonyl (C=O) groups excluding carboxylic acids is 3. The van der Waals surface area contributed by atoms with Crippen LogP contribution in [0.5, 0.6) is 0 Å². The van der Waals surface area contributed by atoms with Gasteiger partial charge in [-0.05, 0) is 147 Å². The average Bonchev–Trinajstić information content (AvgIpc) is 0.728. The van der Waals surface area contributed by atoms with Gasteiger partial charge in [-0.1, -0.05) is 486 Å². The quantitative estimate of drug-likeness (QED) is 0.0346. The van der Waals surface area contributed by atoms with Crippen LogP contribution in [0.3, 0.4) is 0 Å². The number of Topliss-reactive ketones (excluding diaryl/α,β-unsaturated/α-hetero) is 3. The van der Waals surface area contributed by atoms with Crippen LogP contribution in [0.2, 0.25) is 0 Å². The summed E-state index contributed by atoms with van der Waals surface area (Å²) in [5.41, 5.74) is -2.23. The Bertz CT molecular complexity index is 2040. The lowest BCUT2D eigenvalue weighted by Crippen LogP contribution is -2.58. The minimum Gasteiger partial charge on any atom is -0.298 e. The van der Waals surface area contributed by atoms with Crippen LogP contribution in [0, 0.1) is 10.8 Å². The van der Waals surface area contributed by atoms with E-state index in [0.717, 1.165) is 167 Å². The van der Waals surface area contributed by atoms with Gasteiger partial charge in [0, 0.05) is 19.3 Å². The average molecular weight is 1520 g/mol. The zero-order valence-electron chi connectivity index (χ0n) is 75.1. The predicted octanol–water partition coefficient (Wildman–Crippen LogP) is 37.3. The van der Waals surface area contributed by atoms with Crippen LogP contribution in [0.1, 0.15) is 562 Å². The molecule has 0 N–H and O–H groups in total. The number of hydrogen-bond acceptors (Lipinski definition) is 3. The summed E-state index contributed by atoms with van der Waals surface area (Å²) in [6, 6.07) is 0. The molecule has 636 valence electrons. The SMILES string of the molecule is CCCCCC=CCC=CCC=CCC=CCCCCC(CCCCCCC=CCCCCCCCC)(CCCCCCCCC=CCC=CCCCCC)C(C(=O)CCCCCCCCCCCCCCC)(C(=O)CCCCCCCCCCCCCCC)C(=O)CCCCCCCCCCCCCCCCC. The molecule has 0 aliphatic heterocycles. The predicted molar refractivity (Wildman–Crippen MR) is 492 cm³/mol. The fraction of sp³-hybridized carbons (Fsp3) is 0.840. The van der Waals surface area contributed by atoms with E-state index in [4.69, 9.17) is 0 Å². The third-order valence-electron chi connectivity index (χ3n) is 24.3. The van der Waals surface area contributed by atoms with E-state index >= 15 is 14.4 Å². The van der Waals surface area contributed by atoms with Gasteiger partial charge < -0.3 is 0 Å². The molecule has 0 radical (unpaired) electrons. The summed E-state index contributed by atoms with van der Waals surface area (Å²) in [4.78, 5) is 49.9. The summed E-state index contributed by atoms with van der Waals surface area (Å²) in [5.74, 6) is 0.159. The molecular formula is C106H194O3. The maximum absolute atomic E-state index is 16.6. The molecule has 0 bridgehead atoms. The van der Waals surface area contributed by atoms with Crippen LogP contribution < -0.4 is 0 Å². The Hall–Kier alpha value is -2.81. The maximum Gasteiger partial charge on any atom is 0.154 e. The Kier molecular flexibility index (Phi) is 86.8. The van der Waals surface area contributed by atoms with Gasteiger partial charge in [-0.15, -0.1) is 0 Å². The summed E-state index contributed by atoms with van der Waals surface area (Å²) in [5, 5.41) is 0. The van der Waals surface area contributed by atoms with Crippen LogP contribution in [0.15, 0.2) is 85.1 Å². The highest BCUT2D eigenvalue weighted by molar-refractivity contribution is 6.25. The molecule has 0 heterocycles. The van der Waals surface area contributed by atoms with E-state index < -0.39 is 10.8 Å². The van der Waals surface area contributed by atoms with Crippen molar-refractivity contribution in [1.82, 2.24) is 0 Å². The Balaban J connectivity index is 7.50. The first-order valence-corrected chi connectivity index (χ1v) is 50.0. The van der Waals surface area contributed by atoms with Gasteiger partial charge in [0.05, 0.1) is 0 Å². The number of ketones is 3. The van der Waals surface area contributed by atoms with Crippen molar-refractivity contribution in [3.63, 3.8) is 0 Å². The van der Waals surface area contributed by atoms with Gasteiger partial charge in [-0.2, -0.15) is 0 Å². The second kappa shape index (κ2) is 89.1. The summed E-state index contributed by atoms with van der Waals surface area (Å²) in [6.07, 6.45) is 128. The standard InChI is InChI=1S/C106H194O3/c1-7-13-19-25-31-37-43-49-53-55-56-59-65-71-77-83-89-95-101-105(99-93-87-81-75-69-63-52-46-40-34-28-22-16-10-4,100-94-88-82-76-70-64-58-54-50-44-38-32-26-20-14-8-2)106(102(107)96-90-84-78-72-66-60-47-41-35-29-23-17-11-5,103(108)97-91-85-79-73-67-61-48-42-36-30-24-18-12-6)104(109)98-92-86-80-74-68-62-57-51-45-39-33-27-21-15-9-3/h31-32,37-38,49-50,52-54,56,59,63,71,77H,7-30,33-36,39-48,51,55,57-58,60-62,64-70,72-76,78-101H2,1-6H3. The van der Waals surface area contributed by atoms with Crippen molar-refractivity contribution >= 4 is 17.3 Å². The summed E-state index contributed by atoms with van der Waals surface area (Å²) >= 11 is 0. The smallest absolute Gasteiger partial charge is 0.154 e. The maximum atomic E-state index is 16.6. The van der Waals surface area contributed by atoms with Gasteiger partial charge in [-0.3, -0.25) is 14.4 Å². The molecule has 1 atom stereocenters. The van der Waals surface area contributed by atoms with E-state index in [1.807, 2.05) is 0 Å². The number of hydrogen-bond donors (Lipinski definition) is 0. The van der Waals surface area contributed by atoms with Crippen LogP contribution in [-0.4, -0.2) is 17.3 Å². The zero-order chi connectivity index (χ0) is 78.9. The van der Waals surface area contributed by atoms with Crippen molar-refractivity contribution in [2.24, 2.45) is 10.8 Å². The van der Waals surface area contributed by atoms with Crippen molar-refractivity contribution < 1.29 is 14.4 Å². The van der Waals surface area contributed by atoms with Gasteiger partial charge in [0.15, 0.2) is 22.8 Å². The van der Waals surface area contributed by atoms with Crippen LogP contribution in [-0.2, 0) is 14.4 Å². The molecule has 0 saturated carbocycles. The third kappa shape index (κ3) is 68.2. The number of allylic oxidation sites excluding steroid dienone is 14. The Morgan fingerprint density at radius 3 is 0.523 bits per heavy atom. The van der Waals surface area contributed by atoms with Gasteiger partial charge in [-0.25, -0.2) is 0 Å². The monoisotopic (exact) mass is 1520 g/mol. The molecule has 1 unspecified atom stereocenters. The molecule has 3 heteroatoms. The summed E-state index contributed by atoms with van der Waals surface area (Å²) < 4.78 is 0. The fourth-order valence-electron chi connectivity index (χ4n) is 17.2. The van der Waals surface area contributed by atoms with Gasteiger partial charge in [0.25, 0.3) is 0 Å². The summed E-state index contributed by atoms with van der Waals surface area (Å²) in [7, 11) is 0. The first kappa shape index (κ1) is 106. The van der Waals surface area contributed by atoms with E-state index in [2.05, 4.69) is 127 Å². The topological polar surface area (TPSA) is 51.2 Å². The lowest BCUT2D eigenvalue weighted by atomic mass is 9.50. The van der Waals surface area contributed by atoms with E-state index in [1.165, 1.54) is 334 Å². The van der Waals surface area contributed by atoms with Gasteiger partial charge in [0.1, 0.15) is 0 Å². The van der Waals surface area contributed by atoms with Crippen LogP contribution in [0.25, 0.3) is 0 Å². The molecule has 0 fully saturated rings. The first-order valence-electron chi connectivity index (χ1n) is 50.0. The zero-order valence-corrected chi connectivity index (χ0v) is 75.1. The lowest BCUT2D eigenvalue weighted by molar-refractivity contribution is -0.162. The Morgan fingerprint density at radius 1 is 0.165 bits per heavy atom. The molecule has 0 aromatic carbocycles. The molecule has 0 spiro atoms. The highest BCUT2D eigenvalue weighted by Gasteiger charge is 2.62. The van der Waals surface area contributed by atoms with Crippen molar-refractivity contribution in [2.45, 2.75) is 562 Å². The molecule has 3 nitrogen and oxygen atoms in total. The number of carbonyl (C=O) groups is 3. The lowest BCUT2D eigenvalue weighted by Gasteiger charge is -2.49. The van der Waals surface area contributed by atoms with E-state index in [9.17, 15) is 0 Å². The van der Waals surface area contributed by atoms with Crippen LogP contribution in [0.4, 0.5) is 0 Å². The summed E-state index contributed by atoms with van der Waals surface area (Å²) in [6.45, 7) is 13.8. The highest BCUT2D eigenvalue weighted by Crippen LogP contribution is 2.55. The molecule has 0 aliphatic rings. The molecule has 0 saturated heterocycles. The molecule has 109 heavy (non-hydrogen) atoms.